The van der Waals surface area contributed by atoms with Gasteiger partial charge in [0.2, 0.25) is 5.91 Å². The van der Waals surface area contributed by atoms with Crippen LogP contribution >= 0.6 is 0 Å². The molecule has 8 nitrogen and oxygen atoms in total. The smallest absolute Gasteiger partial charge is 0.236 e. The van der Waals surface area contributed by atoms with E-state index in [0.29, 0.717) is 12.8 Å². The van der Waals surface area contributed by atoms with Gasteiger partial charge >= 0.3 is 0 Å². The molecule has 2 aliphatic heterocycles. The van der Waals surface area contributed by atoms with Crippen LogP contribution in [0.4, 0.5) is 0 Å². The first-order valence-corrected chi connectivity index (χ1v) is 16.6. The molecular weight excluding hydrogens is 562 g/mol. The standard InChI is InChI=1S/C31H45N5O3.C6H8/c1-24-22-27(32-2)25(12-8-15-30(23-24)26-14-10-21-36(3)28(26)35-29(30)37)13-9-18-33-19-11-20-34-31(39-38-4)16-6-5-7-17-31;1-2-4-6-5-3-1/h8-10,12-14,22,33-34H,2,5-7,11,15-21,23H2,1,3-4H3,(H,35,37);1-4H,5-6H2/b12-8+,13-9+,24-22+,27-25-;. The average molecular weight is 616 g/mol. The van der Waals surface area contributed by atoms with E-state index in [1.165, 1.54) is 32.1 Å². The molecule has 0 bridgehead atoms. The van der Waals surface area contributed by atoms with E-state index in [1.54, 1.807) is 7.11 Å². The minimum atomic E-state index is -0.608. The molecule has 1 atom stereocenters. The molecule has 3 N–H and O–H groups in total. The number of allylic oxidation sites excluding steroid dienone is 11. The van der Waals surface area contributed by atoms with Gasteiger partial charge in [0.15, 0.2) is 5.72 Å². The van der Waals surface area contributed by atoms with Crippen molar-refractivity contribution < 1.29 is 14.6 Å². The molecular formula is C37H53N5O3. The molecule has 2 heterocycles. The van der Waals surface area contributed by atoms with E-state index in [2.05, 4.69) is 106 Å². The number of nitrogens with one attached hydrogen (secondary N) is 3. The molecule has 0 aromatic heterocycles. The van der Waals surface area contributed by atoms with Crippen LogP contribution < -0.4 is 16.0 Å². The summed E-state index contributed by atoms with van der Waals surface area (Å²) in [5.41, 5.74) is 3.06. The number of rotatable bonds is 11. The number of carbonyl (C=O) groups excluding carboxylic acids is 1. The fourth-order valence-corrected chi connectivity index (χ4v) is 6.66. The lowest BCUT2D eigenvalue weighted by molar-refractivity contribution is -0.360. The van der Waals surface area contributed by atoms with Gasteiger partial charge in [0, 0.05) is 25.7 Å². The number of hydrogen-bond acceptors (Lipinski definition) is 7. The Labute approximate surface area is 270 Å². The van der Waals surface area contributed by atoms with Crippen LogP contribution in [0.2, 0.25) is 0 Å². The summed E-state index contributed by atoms with van der Waals surface area (Å²) in [5.74, 6) is 0.997. The molecule has 45 heavy (non-hydrogen) atoms. The van der Waals surface area contributed by atoms with Crippen molar-refractivity contribution >= 4 is 12.6 Å². The van der Waals surface area contributed by atoms with E-state index in [0.717, 1.165) is 73.7 Å². The van der Waals surface area contributed by atoms with Crippen molar-refractivity contribution in [2.45, 2.75) is 76.9 Å². The summed E-state index contributed by atoms with van der Waals surface area (Å²) >= 11 is 0. The van der Waals surface area contributed by atoms with E-state index in [9.17, 15) is 4.79 Å². The van der Waals surface area contributed by atoms with Crippen molar-refractivity contribution in [3.63, 3.8) is 0 Å². The predicted molar refractivity (Wildman–Crippen MR) is 184 cm³/mol. The first-order chi connectivity index (χ1) is 21.9. The van der Waals surface area contributed by atoms with Crippen molar-refractivity contribution in [1.82, 2.24) is 20.9 Å². The molecule has 0 aromatic carbocycles. The first-order valence-electron chi connectivity index (χ1n) is 16.6. The Bertz CT molecular complexity index is 1260. The number of aliphatic imine (C=N–C) groups is 1. The summed E-state index contributed by atoms with van der Waals surface area (Å²) < 4.78 is 0. The largest absolute Gasteiger partial charge is 0.357 e. The van der Waals surface area contributed by atoms with Crippen LogP contribution in [0.1, 0.15) is 71.1 Å². The van der Waals surface area contributed by atoms with E-state index in [4.69, 9.17) is 9.78 Å². The average Bonchev–Trinajstić information content (AvgIpc) is 3.36. The molecule has 1 spiro atoms. The highest BCUT2D eigenvalue weighted by atomic mass is 17.2. The maximum atomic E-state index is 13.3. The van der Waals surface area contributed by atoms with Gasteiger partial charge in [0.05, 0.1) is 18.2 Å². The van der Waals surface area contributed by atoms with Crippen molar-refractivity contribution in [2.24, 2.45) is 10.4 Å². The van der Waals surface area contributed by atoms with Crippen LogP contribution in [-0.2, 0) is 14.6 Å². The molecule has 5 aliphatic rings. The Morgan fingerprint density at radius 1 is 1.09 bits per heavy atom. The summed E-state index contributed by atoms with van der Waals surface area (Å²) in [6, 6.07) is 0. The summed E-state index contributed by atoms with van der Waals surface area (Å²) in [4.78, 5) is 30.4. The maximum absolute atomic E-state index is 13.3. The lowest BCUT2D eigenvalue weighted by atomic mass is 9.73. The zero-order valence-electron chi connectivity index (χ0n) is 27.6. The molecule has 3 aliphatic carbocycles. The second-order valence-corrected chi connectivity index (χ2v) is 12.5. The van der Waals surface area contributed by atoms with Gasteiger partial charge in [-0.25, -0.2) is 9.78 Å². The number of fused-ring (bicyclic) bond motifs is 1. The predicted octanol–water partition coefficient (Wildman–Crippen LogP) is 6.32. The van der Waals surface area contributed by atoms with Crippen molar-refractivity contribution in [1.29, 1.82) is 0 Å². The number of amides is 1. The summed E-state index contributed by atoms with van der Waals surface area (Å²) in [5, 5.41) is 10.2. The van der Waals surface area contributed by atoms with Crippen molar-refractivity contribution in [3.8, 4) is 0 Å². The second kappa shape index (κ2) is 17.4. The minimum absolute atomic E-state index is 0.0669. The molecule has 1 amide bonds. The number of likely N-dealkylation sites (N-methyl/N-ethyl adjacent to an activating group) is 1. The zero-order chi connectivity index (χ0) is 32.0. The fraction of sp³-hybridized carbons (Fsp3) is 0.514. The van der Waals surface area contributed by atoms with E-state index >= 15 is 0 Å². The molecule has 8 heteroatoms. The molecule has 244 valence electrons. The van der Waals surface area contributed by atoms with Gasteiger partial charge in [-0.1, -0.05) is 72.8 Å². The highest BCUT2D eigenvalue weighted by molar-refractivity contribution is 5.92. The van der Waals surface area contributed by atoms with Crippen LogP contribution in [0.15, 0.2) is 100 Å². The normalized spacial score (nSPS) is 27.7. The van der Waals surface area contributed by atoms with E-state index < -0.39 is 5.41 Å². The third kappa shape index (κ3) is 9.36. The minimum Gasteiger partial charge on any atom is -0.357 e. The third-order valence-corrected chi connectivity index (χ3v) is 9.00. The quantitative estimate of drug-likeness (QED) is 0.0829. The van der Waals surface area contributed by atoms with Gasteiger partial charge in [-0.05, 0) is 96.2 Å². The molecule has 5 rings (SSSR count). The summed E-state index contributed by atoms with van der Waals surface area (Å²) in [7, 11) is 3.60. The molecule has 0 aromatic rings. The fourth-order valence-electron chi connectivity index (χ4n) is 6.66. The van der Waals surface area contributed by atoms with Gasteiger partial charge < -0.3 is 15.5 Å². The SMILES string of the molecule is C1=CCCC=C1.C=NC1=C(\C=C\CNCCCNC2(OOC)CCCCC2)/C=C/CC2(C\C(C)=C\1)C(=O)NC1=C2C=CCN1C. The first kappa shape index (κ1) is 34.6. The van der Waals surface area contributed by atoms with Crippen LogP contribution in [-0.4, -0.2) is 63.6 Å². The highest BCUT2D eigenvalue weighted by Crippen LogP contribution is 2.46. The lowest BCUT2D eigenvalue weighted by Gasteiger charge is -2.36. The van der Waals surface area contributed by atoms with Gasteiger partial charge in [0.1, 0.15) is 5.82 Å². The van der Waals surface area contributed by atoms with Crippen LogP contribution in [0.3, 0.4) is 0 Å². The molecule has 0 saturated heterocycles. The Kier molecular flexibility index (Phi) is 13.4. The Hall–Kier alpha value is -3.30. The van der Waals surface area contributed by atoms with E-state index in [1.807, 2.05) is 7.05 Å². The van der Waals surface area contributed by atoms with Crippen LogP contribution in [0, 0.1) is 5.41 Å². The monoisotopic (exact) mass is 615 g/mol. The highest BCUT2D eigenvalue weighted by Gasteiger charge is 2.48. The van der Waals surface area contributed by atoms with Crippen molar-refractivity contribution in [3.05, 3.63) is 95.1 Å². The summed E-state index contributed by atoms with van der Waals surface area (Å²) in [6.45, 7) is 9.22. The maximum Gasteiger partial charge on any atom is 0.236 e. The summed E-state index contributed by atoms with van der Waals surface area (Å²) in [6.07, 6.45) is 33.5. The van der Waals surface area contributed by atoms with Crippen LogP contribution in [0.25, 0.3) is 0 Å². The number of nitrogens with zero attached hydrogens (tertiary/aromatic N) is 2. The Morgan fingerprint density at radius 2 is 1.87 bits per heavy atom. The van der Waals surface area contributed by atoms with Crippen molar-refractivity contribution in [2.75, 3.05) is 40.3 Å². The van der Waals surface area contributed by atoms with E-state index in [-0.39, 0.29) is 11.6 Å². The topological polar surface area (TPSA) is 87.2 Å². The van der Waals surface area contributed by atoms with Gasteiger partial charge in [-0.2, -0.15) is 0 Å². The second-order valence-electron chi connectivity index (χ2n) is 12.5. The zero-order valence-corrected chi connectivity index (χ0v) is 27.6. The molecule has 1 saturated carbocycles. The lowest BCUT2D eigenvalue weighted by Crippen LogP contribution is -2.49. The molecule has 1 fully saturated rings. The number of carbonyl (C=O) groups is 1. The molecule has 0 radical (unpaired) electrons. The number of hydrogen-bond donors (Lipinski definition) is 3. The Morgan fingerprint density at radius 3 is 2.56 bits per heavy atom. The molecule has 1 unspecified atom stereocenters. The van der Waals surface area contributed by atoms with Gasteiger partial charge in [-0.15, -0.1) is 0 Å². The van der Waals surface area contributed by atoms with Gasteiger partial charge in [-0.3, -0.25) is 15.1 Å². The van der Waals surface area contributed by atoms with Gasteiger partial charge in [0.25, 0.3) is 0 Å². The Balaban J connectivity index is 0.000000687. The third-order valence-electron chi connectivity index (χ3n) is 9.00. The van der Waals surface area contributed by atoms with Crippen LogP contribution in [0.5, 0.6) is 0 Å².